The lowest BCUT2D eigenvalue weighted by Gasteiger charge is -2.48. The van der Waals surface area contributed by atoms with E-state index in [0.717, 1.165) is 0 Å². The Kier molecular flexibility index (Phi) is 3.50. The van der Waals surface area contributed by atoms with Crippen LogP contribution in [0, 0.1) is 0 Å². The van der Waals surface area contributed by atoms with E-state index in [0.29, 0.717) is 13.1 Å². The van der Waals surface area contributed by atoms with Crippen molar-refractivity contribution in [3.05, 3.63) is 0 Å². The van der Waals surface area contributed by atoms with E-state index in [9.17, 15) is 4.79 Å². The number of nitrogens with zero attached hydrogens (tertiary/aromatic N) is 1. The van der Waals surface area contributed by atoms with Gasteiger partial charge in [-0.05, 0) is 48.5 Å². The average Bonchev–Trinajstić information content (AvgIpc) is 1.93. The summed E-state index contributed by atoms with van der Waals surface area (Å²) in [6, 6.07) is 0. The maximum absolute atomic E-state index is 12.1. The average molecular weight is 242 g/mol. The summed E-state index contributed by atoms with van der Waals surface area (Å²) < 4.78 is 5.42. The van der Waals surface area contributed by atoms with Gasteiger partial charge in [-0.25, -0.2) is 4.79 Å². The first-order chi connectivity index (χ1) is 7.40. The normalized spacial score (nSPS) is 23.4. The monoisotopic (exact) mass is 242 g/mol. The molecular weight excluding hydrogens is 216 g/mol. The van der Waals surface area contributed by atoms with Crippen molar-refractivity contribution in [1.29, 1.82) is 0 Å². The number of ether oxygens (including phenoxy) is 1. The molecule has 1 N–H and O–H groups in total. The maximum Gasteiger partial charge on any atom is 0.410 e. The molecule has 1 aliphatic rings. The van der Waals surface area contributed by atoms with E-state index in [-0.39, 0.29) is 17.2 Å². The number of nitrogens with one attached hydrogen (secondary N) is 1. The molecule has 4 nitrogen and oxygen atoms in total. The Morgan fingerprint density at radius 2 is 1.53 bits per heavy atom. The highest BCUT2D eigenvalue weighted by Crippen LogP contribution is 2.22. The molecule has 0 spiro atoms. The third-order valence-corrected chi connectivity index (χ3v) is 2.50. The number of hydrogen-bond donors (Lipinski definition) is 1. The standard InChI is InChI=1S/C13H26N2O2/c1-11(2,3)17-10(16)15-8-12(4,5)14-13(6,7)9-15/h14H,8-9H2,1-7H3. The second-order valence-electron chi connectivity index (χ2n) is 7.23. The van der Waals surface area contributed by atoms with E-state index >= 15 is 0 Å². The van der Waals surface area contributed by atoms with Gasteiger partial charge in [0.05, 0.1) is 0 Å². The van der Waals surface area contributed by atoms with Gasteiger partial charge < -0.3 is 15.0 Å². The van der Waals surface area contributed by atoms with E-state index in [1.807, 2.05) is 20.8 Å². The molecule has 1 amide bonds. The summed E-state index contributed by atoms with van der Waals surface area (Å²) in [5.74, 6) is 0. The van der Waals surface area contributed by atoms with Gasteiger partial charge in [0.15, 0.2) is 0 Å². The lowest BCUT2D eigenvalue weighted by Crippen LogP contribution is -2.67. The molecule has 0 aliphatic carbocycles. The first-order valence-electron chi connectivity index (χ1n) is 6.18. The Hall–Kier alpha value is -0.770. The number of piperazine rings is 1. The summed E-state index contributed by atoms with van der Waals surface area (Å²) in [5.41, 5.74) is -0.604. The van der Waals surface area contributed by atoms with Gasteiger partial charge in [0.2, 0.25) is 0 Å². The highest BCUT2D eigenvalue weighted by Gasteiger charge is 2.39. The van der Waals surface area contributed by atoms with Gasteiger partial charge in [-0.2, -0.15) is 0 Å². The lowest BCUT2D eigenvalue weighted by atomic mass is 9.92. The fourth-order valence-electron chi connectivity index (χ4n) is 2.46. The van der Waals surface area contributed by atoms with Crippen molar-refractivity contribution in [3.8, 4) is 0 Å². The highest BCUT2D eigenvalue weighted by molar-refractivity contribution is 5.68. The van der Waals surface area contributed by atoms with E-state index in [2.05, 4.69) is 33.0 Å². The van der Waals surface area contributed by atoms with Crippen LogP contribution in [0.5, 0.6) is 0 Å². The molecule has 0 unspecified atom stereocenters. The van der Waals surface area contributed by atoms with Crippen molar-refractivity contribution in [2.45, 2.75) is 65.1 Å². The van der Waals surface area contributed by atoms with E-state index in [1.54, 1.807) is 4.90 Å². The minimum absolute atomic E-state index is 0.0847. The van der Waals surface area contributed by atoms with Crippen LogP contribution in [-0.4, -0.2) is 40.8 Å². The zero-order chi connectivity index (χ0) is 13.5. The molecular formula is C13H26N2O2. The summed E-state index contributed by atoms with van der Waals surface area (Å²) in [5, 5.41) is 3.53. The van der Waals surface area contributed by atoms with Gasteiger partial charge in [-0.1, -0.05) is 0 Å². The Morgan fingerprint density at radius 3 is 1.88 bits per heavy atom. The topological polar surface area (TPSA) is 41.6 Å². The van der Waals surface area contributed by atoms with Crippen molar-refractivity contribution < 1.29 is 9.53 Å². The minimum atomic E-state index is -0.434. The molecule has 0 radical (unpaired) electrons. The fraction of sp³-hybridized carbons (Fsp3) is 0.923. The zero-order valence-corrected chi connectivity index (χ0v) is 12.2. The molecule has 0 atom stereocenters. The molecule has 0 aromatic rings. The van der Waals surface area contributed by atoms with E-state index in [4.69, 9.17) is 4.74 Å². The van der Waals surface area contributed by atoms with Crippen LogP contribution in [0.3, 0.4) is 0 Å². The molecule has 1 aliphatic heterocycles. The molecule has 1 heterocycles. The molecule has 100 valence electrons. The second-order valence-corrected chi connectivity index (χ2v) is 7.23. The van der Waals surface area contributed by atoms with Crippen molar-refractivity contribution in [2.24, 2.45) is 0 Å². The Labute approximate surface area is 105 Å². The van der Waals surface area contributed by atoms with Crippen LogP contribution in [-0.2, 0) is 4.74 Å². The van der Waals surface area contributed by atoms with Gasteiger partial charge in [0, 0.05) is 24.2 Å². The minimum Gasteiger partial charge on any atom is -0.444 e. The van der Waals surface area contributed by atoms with Crippen molar-refractivity contribution >= 4 is 6.09 Å². The molecule has 0 saturated carbocycles. The van der Waals surface area contributed by atoms with Gasteiger partial charge in [0.25, 0.3) is 0 Å². The predicted molar refractivity (Wildman–Crippen MR) is 69.1 cm³/mol. The first-order valence-corrected chi connectivity index (χ1v) is 6.18. The number of rotatable bonds is 0. The Balaban J connectivity index is 2.74. The summed E-state index contributed by atoms with van der Waals surface area (Å²) in [6.07, 6.45) is -0.222. The zero-order valence-electron chi connectivity index (χ0n) is 12.2. The lowest BCUT2D eigenvalue weighted by molar-refractivity contribution is 0.000874. The predicted octanol–water partition coefficient (Wildman–Crippen LogP) is 2.38. The number of hydrogen-bond acceptors (Lipinski definition) is 3. The summed E-state index contributed by atoms with van der Waals surface area (Å²) >= 11 is 0. The van der Waals surface area contributed by atoms with Crippen molar-refractivity contribution in [2.75, 3.05) is 13.1 Å². The van der Waals surface area contributed by atoms with Gasteiger partial charge >= 0.3 is 6.09 Å². The smallest absolute Gasteiger partial charge is 0.410 e. The SMILES string of the molecule is CC1(C)CN(C(=O)OC(C)(C)C)CC(C)(C)N1. The van der Waals surface area contributed by atoms with Crippen LogP contribution in [0.2, 0.25) is 0 Å². The quantitative estimate of drug-likeness (QED) is 0.709. The summed E-state index contributed by atoms with van der Waals surface area (Å²) in [6.45, 7) is 15.4. The van der Waals surface area contributed by atoms with Crippen LogP contribution in [0.1, 0.15) is 48.5 Å². The maximum atomic E-state index is 12.1. The van der Waals surface area contributed by atoms with Gasteiger partial charge in [0.1, 0.15) is 5.60 Å². The molecule has 17 heavy (non-hydrogen) atoms. The molecule has 1 fully saturated rings. The van der Waals surface area contributed by atoms with Crippen LogP contribution in [0.4, 0.5) is 4.79 Å². The van der Waals surface area contributed by atoms with Crippen LogP contribution in [0.15, 0.2) is 0 Å². The third-order valence-electron chi connectivity index (χ3n) is 2.50. The first kappa shape index (κ1) is 14.3. The molecule has 4 heteroatoms. The second kappa shape index (κ2) is 4.16. The molecule has 0 aromatic carbocycles. The largest absolute Gasteiger partial charge is 0.444 e. The van der Waals surface area contributed by atoms with E-state index < -0.39 is 5.60 Å². The number of amides is 1. The number of carbonyl (C=O) groups is 1. The van der Waals surface area contributed by atoms with Crippen molar-refractivity contribution in [1.82, 2.24) is 10.2 Å². The molecule has 1 rings (SSSR count). The van der Waals surface area contributed by atoms with Crippen LogP contribution in [0.25, 0.3) is 0 Å². The summed E-state index contributed by atoms with van der Waals surface area (Å²) in [7, 11) is 0. The van der Waals surface area contributed by atoms with E-state index in [1.165, 1.54) is 0 Å². The summed E-state index contributed by atoms with van der Waals surface area (Å²) in [4.78, 5) is 13.9. The molecule has 1 saturated heterocycles. The number of carbonyl (C=O) groups excluding carboxylic acids is 1. The van der Waals surface area contributed by atoms with Crippen LogP contribution < -0.4 is 5.32 Å². The van der Waals surface area contributed by atoms with Gasteiger partial charge in [-0.15, -0.1) is 0 Å². The molecule has 0 aromatic heterocycles. The van der Waals surface area contributed by atoms with Crippen LogP contribution >= 0.6 is 0 Å². The fourth-order valence-corrected chi connectivity index (χ4v) is 2.46. The molecule has 0 bridgehead atoms. The van der Waals surface area contributed by atoms with Gasteiger partial charge in [-0.3, -0.25) is 0 Å². The van der Waals surface area contributed by atoms with Crippen molar-refractivity contribution in [3.63, 3.8) is 0 Å². The highest BCUT2D eigenvalue weighted by atomic mass is 16.6. The third kappa shape index (κ3) is 4.54. The Bertz CT molecular complexity index is 287. The Morgan fingerprint density at radius 1 is 1.12 bits per heavy atom.